The van der Waals surface area contributed by atoms with Crippen LogP contribution in [0.4, 0.5) is 11.5 Å². The van der Waals surface area contributed by atoms with Crippen LogP contribution in [0.1, 0.15) is 60.8 Å². The Bertz CT molecular complexity index is 925. The molecule has 3 rings (SSSR count). The summed E-state index contributed by atoms with van der Waals surface area (Å²) in [5.41, 5.74) is 8.12. The van der Waals surface area contributed by atoms with Crippen molar-refractivity contribution in [3.8, 4) is 0 Å². The van der Waals surface area contributed by atoms with Gasteiger partial charge in [0.25, 0.3) is 0 Å². The van der Waals surface area contributed by atoms with Crippen LogP contribution in [0.3, 0.4) is 0 Å². The van der Waals surface area contributed by atoms with Crippen LogP contribution in [0.15, 0.2) is 18.2 Å². The summed E-state index contributed by atoms with van der Waals surface area (Å²) in [5, 5.41) is 9.61. The van der Waals surface area contributed by atoms with Gasteiger partial charge in [0.2, 0.25) is 0 Å². The number of benzene rings is 1. The number of aromatic nitrogens is 3. The van der Waals surface area contributed by atoms with Crippen molar-refractivity contribution in [1.29, 1.82) is 0 Å². The van der Waals surface area contributed by atoms with E-state index >= 15 is 0 Å². The lowest BCUT2D eigenvalue weighted by Gasteiger charge is -2.16. The molecule has 0 spiro atoms. The normalized spacial score (nSPS) is 11.5. The largest absolute Gasteiger partial charge is 0.339 e. The predicted octanol–water partition coefficient (Wildman–Crippen LogP) is 6.08. The van der Waals surface area contributed by atoms with Gasteiger partial charge in [-0.1, -0.05) is 31.5 Å². The molecule has 0 atom stereocenters. The first kappa shape index (κ1) is 18.4. The van der Waals surface area contributed by atoms with Gasteiger partial charge in [0.15, 0.2) is 0 Å². The Labute approximate surface area is 156 Å². The molecule has 2 aromatic heterocycles. The Balaban J connectivity index is 2.19. The van der Waals surface area contributed by atoms with Crippen LogP contribution < -0.4 is 5.32 Å². The highest BCUT2D eigenvalue weighted by molar-refractivity contribution is 5.94. The molecule has 0 radical (unpaired) electrons. The molecule has 26 heavy (non-hydrogen) atoms. The Hall–Kier alpha value is -2.36. The molecule has 4 nitrogen and oxygen atoms in total. The number of pyridine rings is 1. The van der Waals surface area contributed by atoms with Gasteiger partial charge in [0.05, 0.1) is 22.6 Å². The highest BCUT2D eigenvalue weighted by Gasteiger charge is 2.18. The van der Waals surface area contributed by atoms with Crippen molar-refractivity contribution < 1.29 is 0 Å². The van der Waals surface area contributed by atoms with Crippen LogP contribution in [0.2, 0.25) is 0 Å². The zero-order valence-corrected chi connectivity index (χ0v) is 17.1. The molecule has 0 aliphatic heterocycles. The van der Waals surface area contributed by atoms with Gasteiger partial charge in [-0.2, -0.15) is 5.10 Å². The van der Waals surface area contributed by atoms with E-state index in [-0.39, 0.29) is 0 Å². The maximum atomic E-state index is 4.87. The SMILES string of the molecule is CCC(CC)n1nc(C)c2c(Nc3c(C)cc(C)cc3C)nc(C)cc21. The van der Waals surface area contributed by atoms with Gasteiger partial charge < -0.3 is 5.32 Å². The highest BCUT2D eigenvalue weighted by atomic mass is 15.3. The minimum atomic E-state index is 0.420. The van der Waals surface area contributed by atoms with Gasteiger partial charge >= 0.3 is 0 Å². The second-order valence-electron chi connectivity index (χ2n) is 7.41. The molecule has 1 aromatic carbocycles. The Morgan fingerprint density at radius 1 is 0.962 bits per heavy atom. The number of rotatable bonds is 5. The lowest BCUT2D eigenvalue weighted by Crippen LogP contribution is -2.09. The van der Waals surface area contributed by atoms with Crippen molar-refractivity contribution in [3.63, 3.8) is 0 Å². The van der Waals surface area contributed by atoms with Crippen molar-refractivity contribution in [1.82, 2.24) is 14.8 Å². The number of aryl methyl sites for hydroxylation is 5. The quantitative estimate of drug-likeness (QED) is 0.606. The number of nitrogens with one attached hydrogen (secondary N) is 1. The van der Waals surface area contributed by atoms with Gasteiger partial charge in [0.1, 0.15) is 5.82 Å². The molecular weight excluding hydrogens is 320 g/mol. The molecule has 0 saturated heterocycles. The van der Waals surface area contributed by atoms with Crippen LogP contribution in [-0.2, 0) is 0 Å². The predicted molar refractivity (Wildman–Crippen MR) is 111 cm³/mol. The smallest absolute Gasteiger partial charge is 0.142 e. The standard InChI is InChI=1S/C22H30N4/c1-8-18(9-2)26-19-12-16(6)23-22(20(19)17(7)25-26)24-21-14(4)10-13(3)11-15(21)5/h10-12,18H,8-9H2,1-7H3,(H,23,24). The van der Waals surface area contributed by atoms with Gasteiger partial charge in [-0.3, -0.25) is 4.68 Å². The molecule has 2 heterocycles. The number of fused-ring (bicyclic) bond motifs is 1. The molecule has 3 aromatic rings. The molecule has 138 valence electrons. The summed E-state index contributed by atoms with van der Waals surface area (Å²) in [4.78, 5) is 4.82. The molecule has 0 saturated carbocycles. The van der Waals surface area contributed by atoms with E-state index < -0.39 is 0 Å². The first-order valence-corrected chi connectivity index (χ1v) is 9.57. The summed E-state index contributed by atoms with van der Waals surface area (Å²) in [7, 11) is 0. The molecule has 1 N–H and O–H groups in total. The lowest BCUT2D eigenvalue weighted by molar-refractivity contribution is 0.439. The lowest BCUT2D eigenvalue weighted by atomic mass is 10.0. The first-order chi connectivity index (χ1) is 12.3. The van der Waals surface area contributed by atoms with Crippen LogP contribution in [0.5, 0.6) is 0 Å². The Morgan fingerprint density at radius 2 is 1.58 bits per heavy atom. The Kier molecular flexibility index (Phi) is 5.03. The summed E-state index contributed by atoms with van der Waals surface area (Å²) in [6, 6.07) is 7.00. The van der Waals surface area contributed by atoms with Crippen LogP contribution in [0.25, 0.3) is 10.9 Å². The third-order valence-corrected chi connectivity index (χ3v) is 5.20. The molecular formula is C22H30N4. The fourth-order valence-corrected chi connectivity index (χ4v) is 3.96. The topological polar surface area (TPSA) is 42.7 Å². The highest BCUT2D eigenvalue weighted by Crippen LogP contribution is 2.33. The van der Waals surface area contributed by atoms with Crippen LogP contribution in [-0.4, -0.2) is 14.8 Å². The molecule has 0 aliphatic carbocycles. The fourth-order valence-electron chi connectivity index (χ4n) is 3.96. The van der Waals surface area contributed by atoms with E-state index in [0.29, 0.717) is 6.04 Å². The third kappa shape index (κ3) is 3.20. The number of hydrogen-bond acceptors (Lipinski definition) is 3. The van der Waals surface area contributed by atoms with Crippen molar-refractivity contribution >= 4 is 22.4 Å². The van der Waals surface area contributed by atoms with Gasteiger partial charge in [0, 0.05) is 11.4 Å². The first-order valence-electron chi connectivity index (χ1n) is 9.57. The number of nitrogens with zero attached hydrogens (tertiary/aromatic N) is 3. The van der Waals surface area contributed by atoms with E-state index in [1.165, 1.54) is 22.2 Å². The minimum Gasteiger partial charge on any atom is -0.339 e. The summed E-state index contributed by atoms with van der Waals surface area (Å²) in [5.74, 6) is 0.907. The van der Waals surface area contributed by atoms with E-state index in [2.05, 4.69) is 76.7 Å². The van der Waals surface area contributed by atoms with Gasteiger partial charge in [-0.05, 0) is 64.7 Å². The maximum absolute atomic E-state index is 4.87. The summed E-state index contributed by atoms with van der Waals surface area (Å²) in [6.07, 6.45) is 2.15. The van der Waals surface area contributed by atoms with Crippen molar-refractivity contribution in [2.45, 2.75) is 67.3 Å². The molecule has 0 fully saturated rings. The van der Waals surface area contributed by atoms with E-state index in [9.17, 15) is 0 Å². The van der Waals surface area contributed by atoms with E-state index in [1.54, 1.807) is 0 Å². The summed E-state index contributed by atoms with van der Waals surface area (Å²) < 4.78 is 2.19. The van der Waals surface area contributed by atoms with Gasteiger partial charge in [-0.25, -0.2) is 4.98 Å². The molecule has 4 heteroatoms. The maximum Gasteiger partial charge on any atom is 0.142 e. The second kappa shape index (κ2) is 7.10. The molecule has 0 bridgehead atoms. The zero-order valence-electron chi connectivity index (χ0n) is 17.1. The van der Waals surface area contributed by atoms with Crippen LogP contribution >= 0.6 is 0 Å². The third-order valence-electron chi connectivity index (χ3n) is 5.20. The van der Waals surface area contributed by atoms with E-state index in [4.69, 9.17) is 10.1 Å². The summed E-state index contributed by atoms with van der Waals surface area (Å²) >= 11 is 0. The average Bonchev–Trinajstić information content (AvgIpc) is 2.88. The molecule has 0 amide bonds. The van der Waals surface area contributed by atoms with Gasteiger partial charge in [-0.15, -0.1) is 0 Å². The average molecular weight is 351 g/mol. The Morgan fingerprint density at radius 3 is 2.15 bits per heavy atom. The van der Waals surface area contributed by atoms with Crippen LogP contribution in [0, 0.1) is 34.6 Å². The number of hydrogen-bond donors (Lipinski definition) is 1. The fraction of sp³-hybridized carbons (Fsp3) is 0.455. The summed E-state index contributed by atoms with van der Waals surface area (Å²) in [6.45, 7) is 15.0. The van der Waals surface area contributed by atoms with E-state index in [0.717, 1.165) is 41.1 Å². The number of anilines is 2. The van der Waals surface area contributed by atoms with Crippen molar-refractivity contribution in [3.05, 3.63) is 46.3 Å². The minimum absolute atomic E-state index is 0.420. The van der Waals surface area contributed by atoms with Crippen molar-refractivity contribution in [2.24, 2.45) is 0 Å². The van der Waals surface area contributed by atoms with E-state index in [1.807, 2.05) is 0 Å². The second-order valence-corrected chi connectivity index (χ2v) is 7.41. The zero-order chi connectivity index (χ0) is 19.0. The van der Waals surface area contributed by atoms with Crippen molar-refractivity contribution in [2.75, 3.05) is 5.32 Å². The monoisotopic (exact) mass is 350 g/mol. The molecule has 0 unspecified atom stereocenters. The molecule has 0 aliphatic rings.